The number of benzene rings is 1. The third kappa shape index (κ3) is 5.91. The first-order valence-electron chi connectivity index (χ1n) is 9.01. The van der Waals surface area contributed by atoms with E-state index < -0.39 is 34.9 Å². The van der Waals surface area contributed by atoms with Crippen LogP contribution in [-0.2, 0) is 26.1 Å². The van der Waals surface area contributed by atoms with Crippen LogP contribution in [0.15, 0.2) is 66.0 Å². The number of carbonyl (C=O) groups is 1. The lowest BCUT2D eigenvalue weighted by molar-refractivity contribution is -0.125. The summed E-state index contributed by atoms with van der Waals surface area (Å²) in [6.45, 7) is -0.133. The number of hydrogen-bond donors (Lipinski definition) is 3. The number of amides is 1. The number of hydrogen-bond acceptors (Lipinski definition) is 7. The van der Waals surface area contributed by atoms with Gasteiger partial charge in [-0.15, -0.1) is 0 Å². The fourth-order valence-corrected chi connectivity index (χ4v) is 4.06. The Kier molecular flexibility index (Phi) is 7.04. The molecule has 0 radical (unpaired) electrons. The van der Waals surface area contributed by atoms with Crippen LogP contribution in [-0.4, -0.2) is 54.3 Å². The summed E-state index contributed by atoms with van der Waals surface area (Å²) in [7, 11) is -3.77. The van der Waals surface area contributed by atoms with E-state index in [-0.39, 0.29) is 23.8 Å². The molecule has 1 aliphatic rings. The number of carbonyl (C=O) groups excluding carboxylic acids is 1. The molecule has 2 aromatic rings. The minimum atomic E-state index is -3.77. The SMILES string of the molecule is O=C(C[C@H]1C=C[C@H](NS(=O)(=O)c2ccccc2)[C@H](CO)O1)NCc1ccncn1. The number of aliphatic hydroxyl groups excluding tert-OH is 1. The molecule has 0 bridgehead atoms. The van der Waals surface area contributed by atoms with Gasteiger partial charge in [-0.2, -0.15) is 0 Å². The second kappa shape index (κ2) is 9.70. The van der Waals surface area contributed by atoms with E-state index in [9.17, 15) is 18.3 Å². The average Bonchev–Trinajstić information content (AvgIpc) is 2.74. The third-order valence-electron chi connectivity index (χ3n) is 4.30. The first kappa shape index (κ1) is 21.1. The number of aromatic nitrogens is 2. The van der Waals surface area contributed by atoms with Crippen molar-refractivity contribution in [3.05, 3.63) is 66.8 Å². The molecule has 1 aromatic heterocycles. The summed E-state index contributed by atoms with van der Waals surface area (Å²) < 4.78 is 33.2. The van der Waals surface area contributed by atoms with Crippen molar-refractivity contribution in [2.24, 2.45) is 0 Å². The highest BCUT2D eigenvalue weighted by atomic mass is 32.2. The second-order valence-corrected chi connectivity index (χ2v) is 8.14. The van der Waals surface area contributed by atoms with Crippen LogP contribution in [0.2, 0.25) is 0 Å². The maximum atomic E-state index is 12.5. The summed E-state index contributed by atoms with van der Waals surface area (Å²) in [6, 6.07) is 8.89. The van der Waals surface area contributed by atoms with Crippen LogP contribution >= 0.6 is 0 Å². The molecule has 1 aromatic carbocycles. The van der Waals surface area contributed by atoms with E-state index in [1.54, 1.807) is 42.6 Å². The molecule has 1 amide bonds. The third-order valence-corrected chi connectivity index (χ3v) is 5.78. The smallest absolute Gasteiger partial charge is 0.241 e. The van der Waals surface area contributed by atoms with E-state index in [4.69, 9.17) is 4.74 Å². The molecule has 2 heterocycles. The monoisotopic (exact) mass is 418 g/mol. The van der Waals surface area contributed by atoms with Crippen LogP contribution in [0.5, 0.6) is 0 Å². The Hall–Kier alpha value is -2.66. The molecule has 9 nitrogen and oxygen atoms in total. The number of ether oxygens (including phenoxy) is 1. The number of rotatable bonds is 8. The molecule has 0 saturated carbocycles. The standard InChI is InChI=1S/C19H22N4O5S/c24-12-18-17(23-29(26,27)16-4-2-1-3-5-16)7-6-15(28-18)10-19(25)21-11-14-8-9-20-13-22-14/h1-9,13,15,17-18,23-24H,10-12H2,(H,21,25)/t15-,17+,18+/m1/s1. The van der Waals surface area contributed by atoms with E-state index >= 15 is 0 Å². The van der Waals surface area contributed by atoms with Gasteiger partial charge in [-0.1, -0.05) is 30.4 Å². The summed E-state index contributed by atoms with van der Waals surface area (Å²) in [4.78, 5) is 20.1. The van der Waals surface area contributed by atoms with Crippen molar-refractivity contribution in [2.75, 3.05) is 6.61 Å². The molecule has 0 aliphatic carbocycles. The summed E-state index contributed by atoms with van der Waals surface area (Å²) in [6.07, 6.45) is 4.87. The molecule has 3 rings (SSSR count). The fourth-order valence-electron chi connectivity index (χ4n) is 2.82. The number of aliphatic hydroxyl groups is 1. The highest BCUT2D eigenvalue weighted by Crippen LogP contribution is 2.18. The first-order valence-corrected chi connectivity index (χ1v) is 10.5. The minimum absolute atomic E-state index is 0.0379. The average molecular weight is 418 g/mol. The maximum Gasteiger partial charge on any atom is 0.241 e. The van der Waals surface area contributed by atoms with Gasteiger partial charge in [-0.05, 0) is 18.2 Å². The van der Waals surface area contributed by atoms with Gasteiger partial charge in [-0.25, -0.2) is 23.1 Å². The van der Waals surface area contributed by atoms with Gasteiger partial charge in [0.2, 0.25) is 15.9 Å². The molecule has 3 atom stereocenters. The molecule has 0 fully saturated rings. The summed E-state index contributed by atoms with van der Waals surface area (Å²) in [5, 5.41) is 12.4. The van der Waals surface area contributed by atoms with E-state index in [1.807, 2.05) is 0 Å². The molecule has 0 spiro atoms. The molecule has 10 heteroatoms. The lowest BCUT2D eigenvalue weighted by Crippen LogP contribution is -2.49. The topological polar surface area (TPSA) is 131 Å². The zero-order valence-corrected chi connectivity index (χ0v) is 16.3. The molecule has 0 unspecified atom stereocenters. The lowest BCUT2D eigenvalue weighted by Gasteiger charge is -2.31. The maximum absolute atomic E-state index is 12.5. The molecule has 3 N–H and O–H groups in total. The van der Waals surface area contributed by atoms with Gasteiger partial charge in [-0.3, -0.25) is 4.79 Å². The zero-order chi connectivity index (χ0) is 20.7. The number of sulfonamides is 1. The highest BCUT2D eigenvalue weighted by Gasteiger charge is 2.31. The summed E-state index contributed by atoms with van der Waals surface area (Å²) in [5.41, 5.74) is 0.678. The van der Waals surface area contributed by atoms with Crippen LogP contribution in [0.4, 0.5) is 0 Å². The first-order chi connectivity index (χ1) is 14.0. The van der Waals surface area contributed by atoms with Crippen LogP contribution in [0.25, 0.3) is 0 Å². The van der Waals surface area contributed by atoms with Crippen molar-refractivity contribution in [1.82, 2.24) is 20.0 Å². The van der Waals surface area contributed by atoms with Crippen LogP contribution in [0, 0.1) is 0 Å². The van der Waals surface area contributed by atoms with Gasteiger partial charge in [0.15, 0.2) is 0 Å². The molecule has 154 valence electrons. The Morgan fingerprint density at radius 3 is 2.66 bits per heavy atom. The van der Waals surface area contributed by atoms with E-state index in [0.717, 1.165) is 0 Å². The highest BCUT2D eigenvalue weighted by molar-refractivity contribution is 7.89. The van der Waals surface area contributed by atoms with Crippen molar-refractivity contribution in [3.8, 4) is 0 Å². The Morgan fingerprint density at radius 1 is 1.17 bits per heavy atom. The van der Waals surface area contributed by atoms with Crippen molar-refractivity contribution in [3.63, 3.8) is 0 Å². The largest absolute Gasteiger partial charge is 0.394 e. The van der Waals surface area contributed by atoms with Gasteiger partial charge in [0.25, 0.3) is 0 Å². The van der Waals surface area contributed by atoms with E-state index in [2.05, 4.69) is 20.0 Å². The van der Waals surface area contributed by atoms with Crippen molar-refractivity contribution in [1.29, 1.82) is 0 Å². The Labute approximate surface area is 168 Å². The van der Waals surface area contributed by atoms with E-state index in [1.165, 1.54) is 18.5 Å². The quantitative estimate of drug-likeness (QED) is 0.520. The fraction of sp³-hybridized carbons (Fsp3) is 0.316. The molecule has 29 heavy (non-hydrogen) atoms. The van der Waals surface area contributed by atoms with Gasteiger partial charge < -0.3 is 15.2 Å². The molecule has 0 saturated heterocycles. The Bertz CT molecular complexity index is 938. The van der Waals surface area contributed by atoms with Crippen LogP contribution < -0.4 is 10.0 Å². The molecular formula is C19H22N4O5S. The zero-order valence-electron chi connectivity index (χ0n) is 15.5. The number of nitrogens with zero attached hydrogens (tertiary/aromatic N) is 2. The van der Waals surface area contributed by atoms with Gasteiger partial charge >= 0.3 is 0 Å². The molecular weight excluding hydrogens is 396 g/mol. The van der Waals surface area contributed by atoms with Crippen molar-refractivity contribution >= 4 is 15.9 Å². The van der Waals surface area contributed by atoms with E-state index in [0.29, 0.717) is 5.69 Å². The number of nitrogens with one attached hydrogen (secondary N) is 2. The lowest BCUT2D eigenvalue weighted by atomic mass is 10.1. The summed E-state index contributed by atoms with van der Waals surface area (Å²) in [5.74, 6) is -0.252. The Morgan fingerprint density at radius 2 is 1.97 bits per heavy atom. The van der Waals surface area contributed by atoms with Gasteiger partial charge in [0, 0.05) is 6.20 Å². The Balaban J connectivity index is 1.57. The molecule has 1 aliphatic heterocycles. The van der Waals surface area contributed by atoms with Crippen LogP contribution in [0.3, 0.4) is 0 Å². The van der Waals surface area contributed by atoms with Crippen LogP contribution in [0.1, 0.15) is 12.1 Å². The second-order valence-electron chi connectivity index (χ2n) is 6.42. The minimum Gasteiger partial charge on any atom is -0.394 e. The van der Waals surface area contributed by atoms with Gasteiger partial charge in [0.05, 0.1) is 42.3 Å². The van der Waals surface area contributed by atoms with Gasteiger partial charge in [0.1, 0.15) is 12.4 Å². The summed E-state index contributed by atoms with van der Waals surface area (Å²) >= 11 is 0. The predicted molar refractivity (Wildman–Crippen MR) is 104 cm³/mol. The van der Waals surface area contributed by atoms with Crippen molar-refractivity contribution in [2.45, 2.75) is 36.1 Å². The predicted octanol–water partition coefficient (Wildman–Crippen LogP) is 0.146. The normalized spacial score (nSPS) is 21.6. The van der Waals surface area contributed by atoms with Crippen molar-refractivity contribution < 1.29 is 23.1 Å².